The van der Waals surface area contributed by atoms with Gasteiger partial charge in [-0.05, 0) is 87.1 Å². The van der Waals surface area contributed by atoms with Gasteiger partial charge >= 0.3 is 12.0 Å². The number of anilines is 1. The standard InChI is InChI=1S/C27H34N2O4/c1-27(2,3)28-26(32)29-14-15-33-24-17-22(12-13-23(24)29)21-10-8-20(9-11-21)19-6-4-18(5-7-19)16-25(30)31/h8-13,17-19H,4-7,14-16H2,1-3H3,(H,28,32)(H,30,31). The van der Waals surface area contributed by atoms with Gasteiger partial charge in [-0.15, -0.1) is 0 Å². The second-order valence-electron chi connectivity index (χ2n) is 10.3. The summed E-state index contributed by atoms with van der Waals surface area (Å²) in [5, 5.41) is 12.0. The zero-order chi connectivity index (χ0) is 23.6. The number of hydrogen-bond donors (Lipinski definition) is 2. The molecular weight excluding hydrogens is 416 g/mol. The average molecular weight is 451 g/mol. The third kappa shape index (κ3) is 5.67. The molecule has 0 radical (unpaired) electrons. The van der Waals surface area contributed by atoms with Crippen LogP contribution in [0.15, 0.2) is 42.5 Å². The van der Waals surface area contributed by atoms with E-state index in [9.17, 15) is 9.59 Å². The summed E-state index contributed by atoms with van der Waals surface area (Å²) in [5.74, 6) is 0.864. The molecule has 0 atom stereocenters. The molecule has 33 heavy (non-hydrogen) atoms. The summed E-state index contributed by atoms with van der Waals surface area (Å²) in [7, 11) is 0. The van der Waals surface area contributed by atoms with Crippen molar-refractivity contribution in [2.45, 2.75) is 64.3 Å². The van der Waals surface area contributed by atoms with Crippen LogP contribution in [0, 0.1) is 5.92 Å². The van der Waals surface area contributed by atoms with Gasteiger partial charge in [0.2, 0.25) is 0 Å². The lowest BCUT2D eigenvalue weighted by atomic mass is 9.77. The first-order chi connectivity index (χ1) is 15.7. The van der Waals surface area contributed by atoms with Crippen LogP contribution in [-0.2, 0) is 4.79 Å². The second-order valence-corrected chi connectivity index (χ2v) is 10.3. The van der Waals surface area contributed by atoms with Gasteiger partial charge in [0.15, 0.2) is 0 Å². The third-order valence-electron chi connectivity index (χ3n) is 6.58. The lowest BCUT2D eigenvalue weighted by Crippen LogP contribution is -2.50. The number of benzene rings is 2. The topological polar surface area (TPSA) is 78.9 Å². The average Bonchev–Trinajstić information content (AvgIpc) is 2.77. The highest BCUT2D eigenvalue weighted by atomic mass is 16.5. The Labute approximate surface area is 195 Å². The van der Waals surface area contributed by atoms with Crippen LogP contribution >= 0.6 is 0 Å². The molecular formula is C27H34N2O4. The number of carbonyl (C=O) groups is 2. The number of ether oxygens (including phenoxy) is 1. The molecule has 1 heterocycles. The molecule has 1 fully saturated rings. The summed E-state index contributed by atoms with van der Waals surface area (Å²) in [4.78, 5) is 25.4. The minimum absolute atomic E-state index is 0.109. The predicted molar refractivity (Wildman–Crippen MR) is 130 cm³/mol. The third-order valence-corrected chi connectivity index (χ3v) is 6.58. The Morgan fingerprint density at radius 2 is 1.70 bits per heavy atom. The highest BCUT2D eigenvalue weighted by molar-refractivity contribution is 5.95. The SMILES string of the molecule is CC(C)(C)NC(=O)N1CCOc2cc(-c3ccc(C4CCC(CC(=O)O)CC4)cc3)ccc21. The molecule has 2 aromatic carbocycles. The van der Waals surface area contributed by atoms with E-state index in [-0.39, 0.29) is 11.6 Å². The van der Waals surface area contributed by atoms with Crippen LogP contribution in [0.2, 0.25) is 0 Å². The molecule has 1 aliphatic carbocycles. The van der Waals surface area contributed by atoms with Crippen molar-refractivity contribution in [3.05, 3.63) is 48.0 Å². The van der Waals surface area contributed by atoms with E-state index in [4.69, 9.17) is 9.84 Å². The minimum Gasteiger partial charge on any atom is -0.490 e. The number of amides is 2. The van der Waals surface area contributed by atoms with Crippen molar-refractivity contribution in [3.8, 4) is 16.9 Å². The smallest absolute Gasteiger partial charge is 0.322 e. The van der Waals surface area contributed by atoms with E-state index < -0.39 is 5.97 Å². The lowest BCUT2D eigenvalue weighted by molar-refractivity contribution is -0.138. The Kier molecular flexibility index (Phi) is 6.63. The van der Waals surface area contributed by atoms with Crippen LogP contribution in [0.5, 0.6) is 5.75 Å². The van der Waals surface area contributed by atoms with Crippen LogP contribution < -0.4 is 15.0 Å². The van der Waals surface area contributed by atoms with Gasteiger partial charge in [-0.2, -0.15) is 0 Å². The molecule has 2 amide bonds. The molecule has 1 aliphatic heterocycles. The van der Waals surface area contributed by atoms with E-state index in [0.717, 1.165) is 48.2 Å². The monoisotopic (exact) mass is 450 g/mol. The van der Waals surface area contributed by atoms with Crippen molar-refractivity contribution in [1.82, 2.24) is 5.32 Å². The maximum Gasteiger partial charge on any atom is 0.322 e. The normalized spacial score (nSPS) is 20.5. The largest absolute Gasteiger partial charge is 0.490 e. The molecule has 0 bridgehead atoms. The maximum absolute atomic E-state index is 12.7. The molecule has 0 unspecified atom stereocenters. The summed E-state index contributed by atoms with van der Waals surface area (Å²) in [6.45, 7) is 6.91. The van der Waals surface area contributed by atoms with Crippen molar-refractivity contribution in [1.29, 1.82) is 0 Å². The predicted octanol–water partition coefficient (Wildman–Crippen LogP) is 5.81. The van der Waals surface area contributed by atoms with E-state index in [0.29, 0.717) is 31.4 Å². The molecule has 2 aliphatic rings. The first-order valence-corrected chi connectivity index (χ1v) is 11.9. The van der Waals surface area contributed by atoms with Crippen LogP contribution in [0.1, 0.15) is 64.4 Å². The summed E-state index contributed by atoms with van der Waals surface area (Å²) in [5.41, 5.74) is 3.99. The number of urea groups is 1. The van der Waals surface area contributed by atoms with Crippen molar-refractivity contribution < 1.29 is 19.4 Å². The number of carboxylic acid groups (broad SMARTS) is 1. The Hall–Kier alpha value is -3.02. The number of carbonyl (C=O) groups excluding carboxylic acids is 1. The van der Waals surface area contributed by atoms with Gasteiger partial charge in [-0.25, -0.2) is 4.79 Å². The van der Waals surface area contributed by atoms with Gasteiger partial charge in [-0.3, -0.25) is 9.69 Å². The number of nitrogens with one attached hydrogen (secondary N) is 1. The molecule has 0 saturated heterocycles. The Balaban J connectivity index is 1.45. The fraction of sp³-hybridized carbons (Fsp3) is 0.481. The highest BCUT2D eigenvalue weighted by Gasteiger charge is 2.27. The fourth-order valence-corrected chi connectivity index (χ4v) is 4.89. The first kappa shape index (κ1) is 23.1. The number of hydrogen-bond acceptors (Lipinski definition) is 3. The van der Waals surface area contributed by atoms with E-state index in [1.165, 1.54) is 5.56 Å². The molecule has 0 spiro atoms. The number of fused-ring (bicyclic) bond motifs is 1. The van der Waals surface area contributed by atoms with Crippen molar-refractivity contribution in [2.75, 3.05) is 18.1 Å². The number of rotatable bonds is 4. The van der Waals surface area contributed by atoms with Crippen LogP contribution in [0.3, 0.4) is 0 Å². The first-order valence-electron chi connectivity index (χ1n) is 11.9. The highest BCUT2D eigenvalue weighted by Crippen LogP contribution is 2.39. The Bertz CT molecular complexity index is 1000. The molecule has 6 heteroatoms. The Morgan fingerprint density at radius 1 is 1.03 bits per heavy atom. The molecule has 2 aromatic rings. The summed E-state index contributed by atoms with van der Waals surface area (Å²) >= 11 is 0. The van der Waals surface area contributed by atoms with Gasteiger partial charge in [0, 0.05) is 12.0 Å². The van der Waals surface area contributed by atoms with E-state index in [2.05, 4.69) is 29.6 Å². The van der Waals surface area contributed by atoms with Crippen LogP contribution in [-0.4, -0.2) is 35.8 Å². The maximum atomic E-state index is 12.7. The summed E-state index contributed by atoms with van der Waals surface area (Å²) in [6.07, 6.45) is 4.37. The molecule has 6 nitrogen and oxygen atoms in total. The molecule has 2 N–H and O–H groups in total. The van der Waals surface area contributed by atoms with Gasteiger partial charge in [0.1, 0.15) is 12.4 Å². The zero-order valence-electron chi connectivity index (χ0n) is 19.8. The quantitative estimate of drug-likeness (QED) is 0.616. The van der Waals surface area contributed by atoms with Gasteiger partial charge < -0.3 is 15.2 Å². The molecule has 4 rings (SSSR count). The summed E-state index contributed by atoms with van der Waals surface area (Å²) in [6, 6.07) is 14.6. The fourth-order valence-electron chi connectivity index (χ4n) is 4.89. The molecule has 1 saturated carbocycles. The van der Waals surface area contributed by atoms with Crippen molar-refractivity contribution in [3.63, 3.8) is 0 Å². The Morgan fingerprint density at radius 3 is 2.33 bits per heavy atom. The van der Waals surface area contributed by atoms with Crippen molar-refractivity contribution >= 4 is 17.7 Å². The van der Waals surface area contributed by atoms with Crippen molar-refractivity contribution in [2.24, 2.45) is 5.92 Å². The second kappa shape index (κ2) is 9.46. The number of carboxylic acids is 1. The molecule has 0 aromatic heterocycles. The van der Waals surface area contributed by atoms with Crippen LogP contribution in [0.4, 0.5) is 10.5 Å². The van der Waals surface area contributed by atoms with E-state index >= 15 is 0 Å². The zero-order valence-corrected chi connectivity index (χ0v) is 19.8. The van der Waals surface area contributed by atoms with E-state index in [1.807, 2.05) is 39.0 Å². The van der Waals surface area contributed by atoms with Gasteiger partial charge in [-0.1, -0.05) is 30.3 Å². The van der Waals surface area contributed by atoms with E-state index in [1.54, 1.807) is 4.90 Å². The molecule has 176 valence electrons. The number of aliphatic carboxylic acids is 1. The minimum atomic E-state index is -0.685. The number of nitrogens with zero attached hydrogens (tertiary/aromatic N) is 1. The van der Waals surface area contributed by atoms with Gasteiger partial charge in [0.25, 0.3) is 0 Å². The van der Waals surface area contributed by atoms with Gasteiger partial charge in [0.05, 0.1) is 12.2 Å². The lowest BCUT2D eigenvalue weighted by Gasteiger charge is -2.32. The summed E-state index contributed by atoms with van der Waals surface area (Å²) < 4.78 is 5.89. The van der Waals surface area contributed by atoms with Crippen LogP contribution in [0.25, 0.3) is 11.1 Å².